The molecule has 13 heteroatoms. The Balaban J connectivity index is 2.42. The van der Waals surface area contributed by atoms with Gasteiger partial charge in [0.2, 0.25) is 10.0 Å². The fourth-order valence-electron chi connectivity index (χ4n) is 4.30. The van der Waals surface area contributed by atoms with Gasteiger partial charge in [-0.15, -0.1) is 8.20 Å². The molecule has 2 aromatic rings. The number of hydrogen-bond donors (Lipinski definition) is 2. The third-order valence-electron chi connectivity index (χ3n) is 6.62. The number of nitrogens with one attached hydrogen (secondary N) is 2. The third kappa shape index (κ3) is 10.6. The van der Waals surface area contributed by atoms with Crippen molar-refractivity contribution < 1.29 is 27.5 Å². The predicted octanol–water partition coefficient (Wildman–Crippen LogP) is 3.52. The number of pyridine rings is 1. The zero-order valence-corrected chi connectivity index (χ0v) is 28.0. The van der Waals surface area contributed by atoms with Crippen LogP contribution in [0, 0.1) is 5.92 Å². The van der Waals surface area contributed by atoms with Gasteiger partial charge in [-0.3, -0.25) is 9.59 Å². The number of nitrogens with zero attached hydrogens (tertiary/aromatic N) is 3. The molecule has 0 fully saturated rings. The molecule has 2 unspecified atom stereocenters. The number of ether oxygens (including phenoxy) is 2. The van der Waals surface area contributed by atoms with Gasteiger partial charge in [-0.1, -0.05) is 27.1 Å². The molecule has 11 nitrogen and oxygen atoms in total. The molecule has 1 heterocycles. The first-order valence-corrected chi connectivity index (χ1v) is 17.0. The maximum absolute atomic E-state index is 13.8. The summed E-state index contributed by atoms with van der Waals surface area (Å²) in [6, 6.07) is 8.79. The highest BCUT2D eigenvalue weighted by molar-refractivity contribution is 7.89. The molecule has 0 aliphatic carbocycles. The third-order valence-corrected chi connectivity index (χ3v) is 9.04. The number of benzene rings is 1. The molecular formula is C30H46N5O6PS. The first-order valence-electron chi connectivity index (χ1n) is 14.3. The minimum absolute atomic E-state index is 0.0198. The van der Waals surface area contributed by atoms with E-state index >= 15 is 0 Å². The minimum atomic E-state index is -3.89. The highest BCUT2D eigenvalue weighted by atomic mass is 32.2. The SMILES string of the molecule is C=PCCC(NC(=O)c1cc(C(=O)NCCC)nc(N(C)C)c1)C(CN(CC(C)C)S(=O)(=O)c1ccc(OC)cc1)OC. The molecule has 2 amide bonds. The molecular weight excluding hydrogens is 589 g/mol. The zero-order valence-electron chi connectivity index (χ0n) is 26.3. The van der Waals surface area contributed by atoms with Crippen molar-refractivity contribution in [2.24, 2.45) is 5.92 Å². The number of amides is 2. The second-order valence-electron chi connectivity index (χ2n) is 10.7. The summed E-state index contributed by atoms with van der Waals surface area (Å²) in [5.74, 6) is 0.263. The van der Waals surface area contributed by atoms with E-state index < -0.39 is 28.1 Å². The van der Waals surface area contributed by atoms with Crippen molar-refractivity contribution in [3.8, 4) is 5.75 Å². The Morgan fingerprint density at radius 3 is 2.28 bits per heavy atom. The van der Waals surface area contributed by atoms with Crippen LogP contribution in [0.2, 0.25) is 0 Å². The lowest BCUT2D eigenvalue weighted by Crippen LogP contribution is -2.51. The van der Waals surface area contributed by atoms with E-state index in [9.17, 15) is 18.0 Å². The number of carbonyl (C=O) groups is 2. The molecule has 43 heavy (non-hydrogen) atoms. The van der Waals surface area contributed by atoms with Gasteiger partial charge in [-0.05, 0) is 61.3 Å². The van der Waals surface area contributed by atoms with Gasteiger partial charge in [0.25, 0.3) is 11.8 Å². The van der Waals surface area contributed by atoms with Gasteiger partial charge in [-0.25, -0.2) is 13.4 Å². The number of sulfonamides is 1. The lowest BCUT2D eigenvalue weighted by atomic mass is 10.1. The van der Waals surface area contributed by atoms with Crippen LogP contribution >= 0.6 is 8.20 Å². The highest BCUT2D eigenvalue weighted by Crippen LogP contribution is 2.23. The Hall–Kier alpha value is -3.05. The largest absolute Gasteiger partial charge is 0.497 e. The maximum atomic E-state index is 13.8. The monoisotopic (exact) mass is 635 g/mol. The van der Waals surface area contributed by atoms with Gasteiger partial charge in [0.1, 0.15) is 17.3 Å². The Kier molecular flexibility index (Phi) is 14.5. The van der Waals surface area contributed by atoms with E-state index in [4.69, 9.17) is 9.47 Å². The van der Waals surface area contributed by atoms with Crippen LogP contribution in [0.1, 0.15) is 54.5 Å². The van der Waals surface area contributed by atoms with E-state index in [1.54, 1.807) is 37.2 Å². The average Bonchev–Trinajstić information content (AvgIpc) is 2.99. The van der Waals surface area contributed by atoms with E-state index in [0.29, 0.717) is 30.7 Å². The number of rotatable bonds is 18. The van der Waals surface area contributed by atoms with Gasteiger partial charge in [0, 0.05) is 46.4 Å². The Labute approximate surface area is 258 Å². The van der Waals surface area contributed by atoms with E-state index in [2.05, 4.69) is 21.9 Å². The predicted molar refractivity (Wildman–Crippen MR) is 173 cm³/mol. The first-order chi connectivity index (χ1) is 20.4. The van der Waals surface area contributed by atoms with Crippen LogP contribution in [0.25, 0.3) is 0 Å². The standard InChI is InChI=1S/C30H46N5O6PS/c1-9-15-31-30(37)26-17-22(18-28(32-26)34(4)5)29(36)33-25(14-16-42-8)27(41-7)20-35(19-21(2)3)43(38,39)24-12-10-23(40-6)11-13-24/h10-13,17-18,21,25,27H,8-9,14-16,19-20H2,1-7H3,(H,31,37)(H,33,36). The normalized spacial score (nSPS) is 13.1. The van der Waals surface area contributed by atoms with Crippen molar-refractivity contribution in [1.82, 2.24) is 19.9 Å². The van der Waals surface area contributed by atoms with E-state index in [1.807, 2.05) is 20.8 Å². The fourth-order valence-corrected chi connectivity index (χ4v) is 6.37. The van der Waals surface area contributed by atoms with Gasteiger partial charge in [0.05, 0.1) is 24.2 Å². The molecule has 238 valence electrons. The number of hydrogen-bond acceptors (Lipinski definition) is 8. The number of anilines is 1. The average molecular weight is 636 g/mol. The van der Waals surface area contributed by atoms with E-state index in [0.717, 1.165) is 14.6 Å². The zero-order chi connectivity index (χ0) is 32.2. The minimum Gasteiger partial charge on any atom is -0.497 e. The van der Waals surface area contributed by atoms with E-state index in [-0.39, 0.29) is 41.1 Å². The molecule has 0 saturated heterocycles. The number of methoxy groups -OCH3 is 2. The van der Waals surface area contributed by atoms with Crippen LogP contribution in [-0.4, -0.2) is 102 Å². The number of aromatic nitrogens is 1. The molecule has 0 bridgehead atoms. The van der Waals surface area contributed by atoms with Gasteiger partial charge >= 0.3 is 0 Å². The van der Waals surface area contributed by atoms with Crippen LogP contribution in [0.15, 0.2) is 41.3 Å². The van der Waals surface area contributed by atoms with Crippen LogP contribution in [-0.2, 0) is 14.8 Å². The van der Waals surface area contributed by atoms with Crippen LogP contribution < -0.4 is 20.3 Å². The van der Waals surface area contributed by atoms with Crippen LogP contribution in [0.5, 0.6) is 5.75 Å². The van der Waals surface area contributed by atoms with Gasteiger partial charge < -0.3 is 25.0 Å². The molecule has 1 aromatic heterocycles. The topological polar surface area (TPSA) is 130 Å². The highest BCUT2D eigenvalue weighted by Gasteiger charge is 2.32. The summed E-state index contributed by atoms with van der Waals surface area (Å²) in [4.78, 5) is 32.6. The van der Waals surface area contributed by atoms with Crippen LogP contribution in [0.4, 0.5) is 5.82 Å². The molecule has 2 N–H and O–H groups in total. The molecule has 0 radical (unpaired) electrons. The molecule has 0 saturated carbocycles. The molecule has 0 aliphatic rings. The smallest absolute Gasteiger partial charge is 0.269 e. The molecule has 0 spiro atoms. The second kappa shape index (κ2) is 17.3. The van der Waals surface area contributed by atoms with Crippen molar-refractivity contribution in [3.05, 3.63) is 47.7 Å². The second-order valence-corrected chi connectivity index (χ2v) is 13.6. The van der Waals surface area contributed by atoms with Crippen molar-refractivity contribution in [2.45, 2.75) is 50.7 Å². The molecule has 2 rings (SSSR count). The fraction of sp³-hybridized carbons (Fsp3) is 0.533. The molecule has 2 atom stereocenters. The van der Waals surface area contributed by atoms with Crippen molar-refractivity contribution in [2.75, 3.05) is 59.0 Å². The van der Waals surface area contributed by atoms with Crippen molar-refractivity contribution in [1.29, 1.82) is 0 Å². The Morgan fingerprint density at radius 1 is 1.07 bits per heavy atom. The van der Waals surface area contributed by atoms with Crippen LogP contribution in [0.3, 0.4) is 0 Å². The summed E-state index contributed by atoms with van der Waals surface area (Å²) in [6.07, 6.45) is 5.16. The maximum Gasteiger partial charge on any atom is 0.269 e. The molecule has 1 aromatic carbocycles. The summed E-state index contributed by atoms with van der Waals surface area (Å²) in [6.45, 7) is 6.60. The van der Waals surface area contributed by atoms with Gasteiger partial charge in [0.15, 0.2) is 0 Å². The lowest BCUT2D eigenvalue weighted by molar-refractivity contribution is 0.0471. The van der Waals surface area contributed by atoms with E-state index in [1.165, 1.54) is 36.7 Å². The lowest BCUT2D eigenvalue weighted by Gasteiger charge is -2.32. The summed E-state index contributed by atoms with van der Waals surface area (Å²) >= 11 is 0. The van der Waals surface area contributed by atoms with Crippen molar-refractivity contribution >= 4 is 42.2 Å². The summed E-state index contributed by atoms with van der Waals surface area (Å²) in [5.41, 5.74) is 0.395. The Morgan fingerprint density at radius 2 is 1.74 bits per heavy atom. The first kappa shape index (κ1) is 36.1. The van der Waals surface area contributed by atoms with Crippen molar-refractivity contribution in [3.63, 3.8) is 0 Å². The Bertz CT molecular complexity index is 1320. The molecule has 0 aliphatic heterocycles. The van der Waals surface area contributed by atoms with Gasteiger partial charge in [-0.2, -0.15) is 4.31 Å². The summed E-state index contributed by atoms with van der Waals surface area (Å²) < 4.78 is 40.0. The summed E-state index contributed by atoms with van der Waals surface area (Å²) in [5, 5.41) is 5.85. The number of carbonyl (C=O) groups excluding carboxylic acids is 2. The summed E-state index contributed by atoms with van der Waals surface area (Å²) in [7, 11) is 3.57. The quantitative estimate of drug-likeness (QED) is 0.238.